The van der Waals surface area contributed by atoms with Crippen molar-refractivity contribution in [2.75, 3.05) is 17.3 Å². The number of hydrogen-bond acceptors (Lipinski definition) is 1. The Balaban J connectivity index is 2.35. The Labute approximate surface area is 116 Å². The lowest BCUT2D eigenvalue weighted by Gasteiger charge is -2.32. The lowest BCUT2D eigenvalue weighted by Crippen LogP contribution is -2.36. The molecule has 0 unspecified atom stereocenters. The number of anilines is 1. The van der Waals surface area contributed by atoms with Crippen molar-refractivity contribution in [1.82, 2.24) is 0 Å². The average molecular weight is 292 g/mol. The Morgan fingerprint density at radius 2 is 1.79 bits per heavy atom. The van der Waals surface area contributed by atoms with Crippen molar-refractivity contribution in [2.45, 2.75) is 37.9 Å². The SMILES string of the molecule is FC(F)(F)c1ccccc1N(CCCl)C1CCCC1. The molecule has 0 aromatic heterocycles. The van der Waals surface area contributed by atoms with E-state index in [4.69, 9.17) is 11.6 Å². The van der Waals surface area contributed by atoms with Gasteiger partial charge >= 0.3 is 6.18 Å². The normalized spacial score (nSPS) is 16.8. The molecule has 1 nitrogen and oxygen atoms in total. The summed E-state index contributed by atoms with van der Waals surface area (Å²) >= 11 is 5.77. The molecule has 1 aromatic carbocycles. The van der Waals surface area contributed by atoms with Crippen molar-refractivity contribution in [3.05, 3.63) is 29.8 Å². The molecule has 0 radical (unpaired) electrons. The number of benzene rings is 1. The van der Waals surface area contributed by atoms with Crippen molar-refractivity contribution in [2.24, 2.45) is 0 Å². The van der Waals surface area contributed by atoms with E-state index in [0.29, 0.717) is 12.4 Å². The van der Waals surface area contributed by atoms with Crippen LogP contribution < -0.4 is 4.90 Å². The molecule has 5 heteroatoms. The third kappa shape index (κ3) is 3.35. The number of para-hydroxylation sites is 1. The summed E-state index contributed by atoms with van der Waals surface area (Å²) in [6.07, 6.45) is -0.263. The summed E-state index contributed by atoms with van der Waals surface area (Å²) in [5, 5.41) is 0. The van der Waals surface area contributed by atoms with Crippen LogP contribution in [0.25, 0.3) is 0 Å². The molecule has 19 heavy (non-hydrogen) atoms. The van der Waals surface area contributed by atoms with Gasteiger partial charge in [0.2, 0.25) is 0 Å². The number of hydrogen-bond donors (Lipinski definition) is 0. The fourth-order valence-corrected chi connectivity index (χ4v) is 2.95. The lowest BCUT2D eigenvalue weighted by molar-refractivity contribution is -0.137. The molecule has 1 aromatic rings. The maximum absolute atomic E-state index is 13.1. The lowest BCUT2D eigenvalue weighted by atomic mass is 10.1. The van der Waals surface area contributed by atoms with E-state index in [1.54, 1.807) is 12.1 Å². The molecule has 106 valence electrons. The largest absolute Gasteiger partial charge is 0.418 e. The minimum absolute atomic E-state index is 0.183. The van der Waals surface area contributed by atoms with E-state index in [9.17, 15) is 13.2 Å². The summed E-state index contributed by atoms with van der Waals surface area (Å²) in [5.74, 6) is 0.336. The van der Waals surface area contributed by atoms with Gasteiger partial charge in [-0.3, -0.25) is 0 Å². The Morgan fingerprint density at radius 3 is 2.37 bits per heavy atom. The third-order valence-corrected chi connectivity index (χ3v) is 3.78. The highest BCUT2D eigenvalue weighted by atomic mass is 35.5. The van der Waals surface area contributed by atoms with Crippen molar-refractivity contribution < 1.29 is 13.2 Å². The third-order valence-electron chi connectivity index (χ3n) is 3.61. The van der Waals surface area contributed by atoms with Crippen LogP contribution >= 0.6 is 11.6 Å². The molecule has 0 spiro atoms. The van der Waals surface area contributed by atoms with Crippen LogP contribution in [0.2, 0.25) is 0 Å². The highest BCUT2D eigenvalue weighted by Gasteiger charge is 2.36. The zero-order valence-corrected chi connectivity index (χ0v) is 11.3. The smallest absolute Gasteiger partial charge is 0.367 e. The van der Waals surface area contributed by atoms with Crippen LogP contribution in [-0.2, 0) is 6.18 Å². The van der Waals surface area contributed by atoms with Gasteiger partial charge < -0.3 is 4.90 Å². The molecule has 1 aliphatic carbocycles. The molecule has 0 bridgehead atoms. The van der Waals surface area contributed by atoms with Gasteiger partial charge in [0.05, 0.1) is 5.56 Å². The standard InChI is InChI=1S/C14H17ClF3N/c15-9-10-19(11-5-1-2-6-11)13-8-4-3-7-12(13)14(16,17)18/h3-4,7-8,11H,1-2,5-6,9-10H2. The van der Waals surface area contributed by atoms with E-state index in [1.807, 2.05) is 4.90 Å². The highest BCUT2D eigenvalue weighted by molar-refractivity contribution is 6.18. The first-order valence-electron chi connectivity index (χ1n) is 6.53. The molecular weight excluding hydrogens is 275 g/mol. The van der Waals surface area contributed by atoms with Gasteiger partial charge in [-0.05, 0) is 25.0 Å². The number of alkyl halides is 4. The molecule has 1 fully saturated rings. The van der Waals surface area contributed by atoms with E-state index in [-0.39, 0.29) is 11.7 Å². The van der Waals surface area contributed by atoms with Gasteiger partial charge in [-0.15, -0.1) is 11.6 Å². The Bertz CT molecular complexity index is 413. The van der Waals surface area contributed by atoms with E-state index >= 15 is 0 Å². The molecule has 0 heterocycles. The zero-order valence-electron chi connectivity index (χ0n) is 10.6. The summed E-state index contributed by atoms with van der Waals surface area (Å²) in [6, 6.07) is 5.96. The molecule has 0 N–H and O–H groups in total. The number of nitrogens with zero attached hydrogens (tertiary/aromatic N) is 1. The van der Waals surface area contributed by atoms with Crippen LogP contribution in [-0.4, -0.2) is 18.5 Å². The topological polar surface area (TPSA) is 3.24 Å². The van der Waals surface area contributed by atoms with Crippen LogP contribution in [0.3, 0.4) is 0 Å². The van der Waals surface area contributed by atoms with Crippen LogP contribution in [0.1, 0.15) is 31.2 Å². The Kier molecular flexibility index (Phi) is 4.61. The molecule has 1 aliphatic rings. The Morgan fingerprint density at radius 1 is 1.16 bits per heavy atom. The van der Waals surface area contributed by atoms with Crippen molar-refractivity contribution >= 4 is 17.3 Å². The molecule has 0 aliphatic heterocycles. The van der Waals surface area contributed by atoms with Gasteiger partial charge in [-0.1, -0.05) is 25.0 Å². The van der Waals surface area contributed by atoms with E-state index < -0.39 is 11.7 Å². The fourth-order valence-electron chi connectivity index (χ4n) is 2.77. The highest BCUT2D eigenvalue weighted by Crippen LogP contribution is 2.38. The van der Waals surface area contributed by atoms with Crippen LogP contribution in [0, 0.1) is 0 Å². The maximum Gasteiger partial charge on any atom is 0.418 e. The predicted octanol–water partition coefficient (Wildman–Crippen LogP) is 4.69. The number of halogens is 4. The van der Waals surface area contributed by atoms with Crippen LogP contribution in [0.15, 0.2) is 24.3 Å². The minimum Gasteiger partial charge on any atom is -0.367 e. The van der Waals surface area contributed by atoms with Crippen molar-refractivity contribution in [3.8, 4) is 0 Å². The van der Waals surface area contributed by atoms with Crippen molar-refractivity contribution in [3.63, 3.8) is 0 Å². The average Bonchev–Trinajstić information content (AvgIpc) is 2.88. The van der Waals surface area contributed by atoms with Gasteiger partial charge in [0, 0.05) is 24.2 Å². The Hall–Kier alpha value is -0.900. The molecule has 0 atom stereocenters. The molecule has 0 saturated heterocycles. The summed E-state index contributed by atoms with van der Waals surface area (Å²) in [7, 11) is 0. The fraction of sp³-hybridized carbons (Fsp3) is 0.571. The second-order valence-corrected chi connectivity index (χ2v) is 5.21. The van der Waals surface area contributed by atoms with E-state index in [2.05, 4.69) is 0 Å². The van der Waals surface area contributed by atoms with E-state index in [0.717, 1.165) is 31.7 Å². The maximum atomic E-state index is 13.1. The first kappa shape index (κ1) is 14.5. The number of rotatable bonds is 4. The quantitative estimate of drug-likeness (QED) is 0.727. The van der Waals surface area contributed by atoms with Crippen LogP contribution in [0.5, 0.6) is 0 Å². The first-order valence-corrected chi connectivity index (χ1v) is 7.06. The monoisotopic (exact) mass is 291 g/mol. The minimum atomic E-state index is -4.32. The van der Waals surface area contributed by atoms with Gasteiger partial charge in [-0.2, -0.15) is 13.2 Å². The molecule has 1 saturated carbocycles. The first-order chi connectivity index (χ1) is 9.04. The second kappa shape index (κ2) is 6.04. The van der Waals surface area contributed by atoms with Gasteiger partial charge in [0.15, 0.2) is 0 Å². The summed E-state index contributed by atoms with van der Waals surface area (Å²) in [5.41, 5.74) is -0.297. The van der Waals surface area contributed by atoms with Gasteiger partial charge in [0.25, 0.3) is 0 Å². The van der Waals surface area contributed by atoms with Gasteiger partial charge in [-0.25, -0.2) is 0 Å². The molecule has 0 amide bonds. The zero-order chi connectivity index (χ0) is 13.9. The summed E-state index contributed by atoms with van der Waals surface area (Å²) < 4.78 is 39.2. The van der Waals surface area contributed by atoms with Gasteiger partial charge in [0.1, 0.15) is 0 Å². The molecule has 2 rings (SSSR count). The predicted molar refractivity (Wildman–Crippen MR) is 71.8 cm³/mol. The second-order valence-electron chi connectivity index (χ2n) is 4.84. The molecular formula is C14H17ClF3N. The van der Waals surface area contributed by atoms with Crippen LogP contribution in [0.4, 0.5) is 18.9 Å². The summed E-state index contributed by atoms with van der Waals surface area (Å²) in [4.78, 5) is 1.84. The van der Waals surface area contributed by atoms with E-state index in [1.165, 1.54) is 6.07 Å². The summed E-state index contributed by atoms with van der Waals surface area (Å²) in [6.45, 7) is 0.458. The van der Waals surface area contributed by atoms with Crippen molar-refractivity contribution in [1.29, 1.82) is 0 Å².